The van der Waals surface area contributed by atoms with Crippen LogP contribution in [0.3, 0.4) is 0 Å². The van der Waals surface area contributed by atoms with Gasteiger partial charge < -0.3 is 19.4 Å². The lowest BCUT2D eigenvalue weighted by molar-refractivity contribution is -0.115. The number of carbonyl (C=O) groups is 1. The maximum atomic E-state index is 12.6. The molecule has 0 unspecified atom stereocenters. The number of rotatable bonds is 6. The molecule has 8 heteroatoms. The summed E-state index contributed by atoms with van der Waals surface area (Å²) in [5.74, 6) is 2.02. The quantitative estimate of drug-likeness (QED) is 0.643. The van der Waals surface area contributed by atoms with Crippen LogP contribution < -0.4 is 14.8 Å². The second kappa shape index (κ2) is 7.93. The lowest BCUT2D eigenvalue weighted by atomic mass is 10.2. The summed E-state index contributed by atoms with van der Waals surface area (Å²) in [6.45, 7) is 4.63. The van der Waals surface area contributed by atoms with Gasteiger partial charge in [-0.1, -0.05) is 42.1 Å². The lowest BCUT2D eigenvalue weighted by Crippen LogP contribution is -2.23. The van der Waals surface area contributed by atoms with E-state index < -0.39 is 0 Å². The summed E-state index contributed by atoms with van der Waals surface area (Å²) in [6, 6.07) is 15.5. The van der Waals surface area contributed by atoms with Gasteiger partial charge in [0, 0.05) is 11.8 Å². The van der Waals surface area contributed by atoms with E-state index in [2.05, 4.69) is 27.6 Å². The van der Waals surface area contributed by atoms with Crippen LogP contribution in [0.15, 0.2) is 53.7 Å². The molecule has 1 aromatic heterocycles. The van der Waals surface area contributed by atoms with Gasteiger partial charge in [-0.2, -0.15) is 0 Å². The number of aryl methyl sites for hydroxylation is 1. The molecular weight excluding hydrogens is 376 g/mol. The Kier molecular flexibility index (Phi) is 5.21. The number of nitrogens with zero attached hydrogens (tertiary/aromatic N) is 3. The van der Waals surface area contributed by atoms with Crippen molar-refractivity contribution in [2.45, 2.75) is 30.8 Å². The molecule has 144 valence electrons. The number of hydrogen-bond donors (Lipinski definition) is 1. The van der Waals surface area contributed by atoms with Crippen LogP contribution in [0.4, 0.5) is 5.69 Å². The number of benzene rings is 2. The average Bonchev–Trinajstić information content (AvgIpc) is 3.30. The van der Waals surface area contributed by atoms with E-state index in [1.807, 2.05) is 36.6 Å². The Morgan fingerprint density at radius 1 is 1.18 bits per heavy atom. The molecule has 3 aromatic rings. The first kappa shape index (κ1) is 18.4. The van der Waals surface area contributed by atoms with Gasteiger partial charge in [-0.15, -0.1) is 10.2 Å². The van der Waals surface area contributed by atoms with E-state index in [1.54, 1.807) is 18.2 Å². The van der Waals surface area contributed by atoms with Gasteiger partial charge in [0.05, 0.1) is 11.8 Å². The highest BCUT2D eigenvalue weighted by molar-refractivity contribution is 8.00. The van der Waals surface area contributed by atoms with Crippen LogP contribution in [0.5, 0.6) is 11.5 Å². The maximum absolute atomic E-state index is 12.6. The number of nitrogens with one attached hydrogen (secondary N) is 1. The number of aromatic nitrogens is 3. The normalized spacial score (nSPS) is 13.4. The molecule has 1 aliphatic rings. The van der Waals surface area contributed by atoms with Crippen molar-refractivity contribution in [3.63, 3.8) is 0 Å². The van der Waals surface area contributed by atoms with Gasteiger partial charge >= 0.3 is 0 Å². The van der Waals surface area contributed by atoms with Gasteiger partial charge in [0.15, 0.2) is 16.7 Å². The summed E-state index contributed by atoms with van der Waals surface area (Å²) in [7, 11) is 0. The largest absolute Gasteiger partial charge is 0.454 e. The molecule has 2 heterocycles. The summed E-state index contributed by atoms with van der Waals surface area (Å²) in [5, 5.41) is 11.7. The van der Waals surface area contributed by atoms with Crippen LogP contribution in [0.2, 0.25) is 0 Å². The third-order valence-electron chi connectivity index (χ3n) is 4.38. The fourth-order valence-corrected chi connectivity index (χ4v) is 3.72. The van der Waals surface area contributed by atoms with Crippen LogP contribution in [0.25, 0.3) is 0 Å². The van der Waals surface area contributed by atoms with Crippen molar-refractivity contribution in [2.24, 2.45) is 0 Å². The van der Waals surface area contributed by atoms with E-state index in [0.717, 1.165) is 16.5 Å². The zero-order chi connectivity index (χ0) is 19.5. The minimum atomic E-state index is -0.344. The average molecular weight is 396 g/mol. The summed E-state index contributed by atoms with van der Waals surface area (Å²) in [4.78, 5) is 12.6. The number of anilines is 1. The molecule has 1 amide bonds. The minimum Gasteiger partial charge on any atom is -0.454 e. The zero-order valence-corrected chi connectivity index (χ0v) is 16.4. The number of hydrogen-bond acceptors (Lipinski definition) is 6. The van der Waals surface area contributed by atoms with Crippen molar-refractivity contribution in [3.05, 3.63) is 59.9 Å². The van der Waals surface area contributed by atoms with Gasteiger partial charge in [-0.25, -0.2) is 0 Å². The molecule has 2 aromatic carbocycles. The van der Waals surface area contributed by atoms with Crippen molar-refractivity contribution in [1.29, 1.82) is 0 Å². The fourth-order valence-electron chi connectivity index (χ4n) is 2.83. The SMILES string of the molecule is Cc1nnc(S[C@H](C)C(=O)Nc2ccc3c(c2)OCO3)n1Cc1ccccc1. The van der Waals surface area contributed by atoms with E-state index in [-0.39, 0.29) is 18.0 Å². The van der Waals surface area contributed by atoms with Crippen LogP contribution in [0, 0.1) is 6.92 Å². The van der Waals surface area contributed by atoms with Crippen molar-refractivity contribution < 1.29 is 14.3 Å². The maximum Gasteiger partial charge on any atom is 0.237 e. The van der Waals surface area contributed by atoms with Gasteiger partial charge in [0.2, 0.25) is 12.7 Å². The molecule has 7 nitrogen and oxygen atoms in total. The summed E-state index contributed by atoms with van der Waals surface area (Å²) >= 11 is 1.38. The standard InChI is InChI=1S/C20H20N4O3S/c1-13(19(25)21-16-8-9-17-18(10-16)27-12-26-17)28-20-23-22-14(2)24(20)11-15-6-4-3-5-7-15/h3-10,13H,11-12H2,1-2H3,(H,21,25)/t13-/m1/s1. The Morgan fingerprint density at radius 2 is 1.96 bits per heavy atom. The van der Waals surface area contributed by atoms with E-state index in [1.165, 1.54) is 11.8 Å². The van der Waals surface area contributed by atoms with E-state index in [0.29, 0.717) is 23.7 Å². The van der Waals surface area contributed by atoms with Crippen molar-refractivity contribution in [3.8, 4) is 11.5 Å². The molecule has 1 N–H and O–H groups in total. The van der Waals surface area contributed by atoms with Crippen LogP contribution >= 0.6 is 11.8 Å². The van der Waals surface area contributed by atoms with Crippen molar-refractivity contribution >= 4 is 23.4 Å². The number of carbonyl (C=O) groups excluding carboxylic acids is 1. The fraction of sp³-hybridized carbons (Fsp3) is 0.250. The van der Waals surface area contributed by atoms with Gasteiger partial charge in [0.1, 0.15) is 5.82 Å². The number of fused-ring (bicyclic) bond motifs is 1. The Balaban J connectivity index is 1.43. The molecule has 1 atom stereocenters. The highest BCUT2D eigenvalue weighted by atomic mass is 32.2. The van der Waals surface area contributed by atoms with Crippen molar-refractivity contribution in [2.75, 3.05) is 12.1 Å². The smallest absolute Gasteiger partial charge is 0.237 e. The lowest BCUT2D eigenvalue weighted by Gasteiger charge is -2.13. The second-order valence-electron chi connectivity index (χ2n) is 6.42. The molecule has 0 bridgehead atoms. The van der Waals surface area contributed by atoms with E-state index in [4.69, 9.17) is 9.47 Å². The Hall–Kier alpha value is -3.00. The minimum absolute atomic E-state index is 0.115. The number of thioether (sulfide) groups is 1. The van der Waals surface area contributed by atoms with Gasteiger partial charge in [-0.3, -0.25) is 4.79 Å². The third kappa shape index (κ3) is 3.96. The first-order valence-corrected chi connectivity index (χ1v) is 9.79. The zero-order valence-electron chi connectivity index (χ0n) is 15.6. The van der Waals surface area contributed by atoms with Gasteiger partial charge in [0.25, 0.3) is 0 Å². The Morgan fingerprint density at radius 3 is 2.79 bits per heavy atom. The molecule has 4 rings (SSSR count). The monoisotopic (exact) mass is 396 g/mol. The van der Waals surface area contributed by atoms with Gasteiger partial charge in [-0.05, 0) is 31.5 Å². The molecule has 28 heavy (non-hydrogen) atoms. The van der Waals surface area contributed by atoms with E-state index in [9.17, 15) is 4.79 Å². The molecule has 0 spiro atoms. The Bertz CT molecular complexity index is 990. The highest BCUT2D eigenvalue weighted by Crippen LogP contribution is 2.34. The van der Waals surface area contributed by atoms with Crippen LogP contribution in [-0.2, 0) is 11.3 Å². The van der Waals surface area contributed by atoms with E-state index >= 15 is 0 Å². The molecule has 0 aliphatic carbocycles. The van der Waals surface area contributed by atoms with Crippen molar-refractivity contribution in [1.82, 2.24) is 14.8 Å². The van der Waals surface area contributed by atoms with Crippen LogP contribution in [-0.4, -0.2) is 32.7 Å². The topological polar surface area (TPSA) is 78.3 Å². The molecule has 1 aliphatic heterocycles. The summed E-state index contributed by atoms with van der Waals surface area (Å²) in [6.07, 6.45) is 0. The number of ether oxygens (including phenoxy) is 2. The first-order valence-electron chi connectivity index (χ1n) is 8.91. The summed E-state index contributed by atoms with van der Waals surface area (Å²) in [5.41, 5.74) is 1.83. The Labute approximate surface area is 167 Å². The summed E-state index contributed by atoms with van der Waals surface area (Å²) < 4.78 is 12.7. The first-order chi connectivity index (χ1) is 13.6. The predicted octanol–water partition coefficient (Wildman–Crippen LogP) is 3.48. The molecule has 0 fully saturated rings. The molecule has 0 saturated carbocycles. The number of amides is 1. The molecule has 0 radical (unpaired) electrons. The second-order valence-corrected chi connectivity index (χ2v) is 7.73. The predicted molar refractivity (Wildman–Crippen MR) is 107 cm³/mol. The van der Waals surface area contributed by atoms with Crippen LogP contribution in [0.1, 0.15) is 18.3 Å². The molecule has 0 saturated heterocycles. The third-order valence-corrected chi connectivity index (χ3v) is 5.46. The molecular formula is C20H20N4O3S. The highest BCUT2D eigenvalue weighted by Gasteiger charge is 2.21.